The Morgan fingerprint density at radius 2 is 1.94 bits per heavy atom. The second-order valence-corrected chi connectivity index (χ2v) is 4.90. The van der Waals surface area contributed by atoms with E-state index in [0.29, 0.717) is 0 Å². The Hall–Kier alpha value is -1.62. The fourth-order valence-electron chi connectivity index (χ4n) is 1.73. The Morgan fingerprint density at radius 1 is 1.17 bits per heavy atom. The fourth-order valence-corrected chi connectivity index (χ4v) is 2.64. The molecule has 0 fully saturated rings. The number of nitrogens with one attached hydrogen (secondary N) is 2. The Labute approximate surface area is 111 Å². The van der Waals surface area contributed by atoms with E-state index in [1.165, 1.54) is 10.4 Å². The molecule has 18 heavy (non-hydrogen) atoms. The zero-order chi connectivity index (χ0) is 12.8. The maximum atomic E-state index is 4.44. The van der Waals surface area contributed by atoms with Crippen LogP contribution >= 0.6 is 11.3 Å². The lowest BCUT2D eigenvalue weighted by atomic mass is 10.2. The lowest BCUT2D eigenvalue weighted by Crippen LogP contribution is -2.05. The van der Waals surface area contributed by atoms with Gasteiger partial charge in [-0.2, -0.15) is 0 Å². The highest BCUT2D eigenvalue weighted by molar-refractivity contribution is 7.10. The Kier molecular flexibility index (Phi) is 4.52. The van der Waals surface area contributed by atoms with Crippen LogP contribution < -0.4 is 10.6 Å². The normalized spacial score (nSPS) is 10.3. The van der Waals surface area contributed by atoms with Gasteiger partial charge in [0.05, 0.1) is 18.9 Å². The van der Waals surface area contributed by atoms with Crippen LogP contribution in [0.2, 0.25) is 0 Å². The SMILES string of the molecule is CCNc1cncc(NCc2sccc2CC)n1. The molecule has 96 valence electrons. The fraction of sp³-hybridized carbons (Fsp3) is 0.385. The number of hydrogen-bond acceptors (Lipinski definition) is 5. The molecule has 0 radical (unpaired) electrons. The summed E-state index contributed by atoms with van der Waals surface area (Å²) in [6, 6.07) is 2.18. The Bertz CT molecular complexity index is 495. The van der Waals surface area contributed by atoms with Crippen LogP contribution in [0.15, 0.2) is 23.8 Å². The van der Waals surface area contributed by atoms with Crippen LogP contribution in [0.5, 0.6) is 0 Å². The van der Waals surface area contributed by atoms with Crippen molar-refractivity contribution in [2.24, 2.45) is 0 Å². The number of thiophene rings is 1. The number of aromatic nitrogens is 2. The summed E-state index contributed by atoms with van der Waals surface area (Å²) in [7, 11) is 0. The minimum Gasteiger partial charge on any atom is -0.369 e. The first-order chi connectivity index (χ1) is 8.83. The molecule has 2 rings (SSSR count). The van der Waals surface area contributed by atoms with Crippen molar-refractivity contribution in [3.63, 3.8) is 0 Å². The van der Waals surface area contributed by atoms with Gasteiger partial charge < -0.3 is 10.6 Å². The van der Waals surface area contributed by atoms with Crippen molar-refractivity contribution in [3.05, 3.63) is 34.3 Å². The number of rotatable bonds is 6. The topological polar surface area (TPSA) is 49.8 Å². The lowest BCUT2D eigenvalue weighted by molar-refractivity contribution is 1.05. The van der Waals surface area contributed by atoms with Crippen LogP contribution in [0.3, 0.4) is 0 Å². The van der Waals surface area contributed by atoms with E-state index in [9.17, 15) is 0 Å². The molecule has 0 aromatic carbocycles. The van der Waals surface area contributed by atoms with Gasteiger partial charge >= 0.3 is 0 Å². The van der Waals surface area contributed by atoms with Gasteiger partial charge in [0.15, 0.2) is 0 Å². The standard InChI is InChI=1S/C13H18N4S/c1-3-10-5-6-18-11(10)7-16-13-9-14-8-12(17-13)15-4-2/h5-6,8-9H,3-4,7H2,1-2H3,(H2,15,16,17). The summed E-state index contributed by atoms with van der Waals surface area (Å²) >= 11 is 1.78. The third-order valence-electron chi connectivity index (χ3n) is 2.64. The average molecular weight is 262 g/mol. The van der Waals surface area contributed by atoms with Crippen molar-refractivity contribution in [1.82, 2.24) is 9.97 Å². The molecule has 0 saturated heterocycles. The molecule has 2 heterocycles. The summed E-state index contributed by atoms with van der Waals surface area (Å²) in [6.45, 7) is 5.88. The van der Waals surface area contributed by atoms with E-state index in [2.05, 4.69) is 39.0 Å². The number of hydrogen-bond donors (Lipinski definition) is 2. The summed E-state index contributed by atoms with van der Waals surface area (Å²) in [4.78, 5) is 9.97. The summed E-state index contributed by atoms with van der Waals surface area (Å²) < 4.78 is 0. The van der Waals surface area contributed by atoms with Crippen LogP contribution in [-0.4, -0.2) is 16.5 Å². The molecule has 0 saturated carbocycles. The van der Waals surface area contributed by atoms with Gasteiger partial charge in [-0.1, -0.05) is 6.92 Å². The van der Waals surface area contributed by atoms with Gasteiger partial charge in [-0.3, -0.25) is 4.98 Å². The van der Waals surface area contributed by atoms with Gasteiger partial charge in [-0.25, -0.2) is 4.98 Å². The second-order valence-electron chi connectivity index (χ2n) is 3.90. The Balaban J connectivity index is 1.99. The molecule has 0 bridgehead atoms. The molecule has 0 unspecified atom stereocenters. The summed E-state index contributed by atoms with van der Waals surface area (Å²) in [5, 5.41) is 8.61. The molecular weight excluding hydrogens is 244 g/mol. The molecule has 4 nitrogen and oxygen atoms in total. The predicted molar refractivity (Wildman–Crippen MR) is 77.2 cm³/mol. The van der Waals surface area contributed by atoms with Gasteiger partial charge in [0.2, 0.25) is 0 Å². The quantitative estimate of drug-likeness (QED) is 0.839. The molecule has 2 aromatic heterocycles. The first-order valence-electron chi connectivity index (χ1n) is 6.18. The first kappa shape index (κ1) is 12.8. The van der Waals surface area contributed by atoms with Gasteiger partial charge in [-0.15, -0.1) is 11.3 Å². The average Bonchev–Trinajstić information content (AvgIpc) is 2.84. The van der Waals surface area contributed by atoms with E-state index in [-0.39, 0.29) is 0 Å². The molecule has 0 atom stereocenters. The van der Waals surface area contributed by atoms with E-state index in [1.807, 2.05) is 6.92 Å². The highest BCUT2D eigenvalue weighted by Gasteiger charge is 2.03. The van der Waals surface area contributed by atoms with E-state index in [1.54, 1.807) is 23.7 Å². The van der Waals surface area contributed by atoms with Crippen LogP contribution in [0.1, 0.15) is 24.3 Å². The van der Waals surface area contributed by atoms with Crippen molar-refractivity contribution in [1.29, 1.82) is 0 Å². The van der Waals surface area contributed by atoms with Gasteiger partial charge in [0.25, 0.3) is 0 Å². The van der Waals surface area contributed by atoms with Crippen molar-refractivity contribution in [2.45, 2.75) is 26.8 Å². The summed E-state index contributed by atoms with van der Waals surface area (Å²) in [5.74, 6) is 1.62. The Morgan fingerprint density at radius 3 is 2.67 bits per heavy atom. The van der Waals surface area contributed by atoms with E-state index in [4.69, 9.17) is 0 Å². The highest BCUT2D eigenvalue weighted by Crippen LogP contribution is 2.18. The number of aryl methyl sites for hydroxylation is 1. The molecular formula is C13H18N4S. The van der Waals surface area contributed by atoms with Gasteiger partial charge in [-0.05, 0) is 30.4 Å². The smallest absolute Gasteiger partial charge is 0.147 e. The minimum atomic E-state index is 0.809. The largest absolute Gasteiger partial charge is 0.369 e. The third-order valence-corrected chi connectivity index (χ3v) is 3.60. The molecule has 0 amide bonds. The zero-order valence-corrected chi connectivity index (χ0v) is 11.5. The van der Waals surface area contributed by atoms with Crippen molar-refractivity contribution in [3.8, 4) is 0 Å². The van der Waals surface area contributed by atoms with E-state index in [0.717, 1.165) is 31.1 Å². The first-order valence-corrected chi connectivity index (χ1v) is 7.06. The van der Waals surface area contributed by atoms with Gasteiger partial charge in [0.1, 0.15) is 11.6 Å². The van der Waals surface area contributed by atoms with Crippen molar-refractivity contribution < 1.29 is 0 Å². The highest BCUT2D eigenvalue weighted by atomic mass is 32.1. The van der Waals surface area contributed by atoms with Gasteiger partial charge in [0, 0.05) is 11.4 Å². The van der Waals surface area contributed by atoms with Crippen LogP contribution in [0, 0.1) is 0 Å². The summed E-state index contributed by atoms with van der Waals surface area (Å²) in [5.41, 5.74) is 1.41. The maximum Gasteiger partial charge on any atom is 0.147 e. The van der Waals surface area contributed by atoms with Crippen molar-refractivity contribution >= 4 is 23.0 Å². The predicted octanol–water partition coefficient (Wildman–Crippen LogP) is 3.14. The van der Waals surface area contributed by atoms with Crippen molar-refractivity contribution in [2.75, 3.05) is 17.2 Å². The maximum absolute atomic E-state index is 4.44. The monoisotopic (exact) mass is 262 g/mol. The molecule has 0 spiro atoms. The van der Waals surface area contributed by atoms with E-state index >= 15 is 0 Å². The zero-order valence-electron chi connectivity index (χ0n) is 10.7. The van der Waals surface area contributed by atoms with Crippen LogP contribution in [0.4, 0.5) is 11.6 Å². The molecule has 0 aliphatic heterocycles. The molecule has 0 aliphatic carbocycles. The second kappa shape index (κ2) is 6.35. The molecule has 2 N–H and O–H groups in total. The number of anilines is 2. The van der Waals surface area contributed by atoms with Crippen LogP contribution in [0.25, 0.3) is 0 Å². The van der Waals surface area contributed by atoms with Crippen LogP contribution in [-0.2, 0) is 13.0 Å². The number of nitrogens with zero attached hydrogens (tertiary/aromatic N) is 2. The van der Waals surface area contributed by atoms with E-state index < -0.39 is 0 Å². The molecule has 5 heteroatoms. The lowest BCUT2D eigenvalue weighted by Gasteiger charge is -2.07. The summed E-state index contributed by atoms with van der Waals surface area (Å²) in [6.07, 6.45) is 4.56. The molecule has 0 aliphatic rings. The molecule has 2 aromatic rings. The third kappa shape index (κ3) is 3.20. The minimum absolute atomic E-state index is 0.809.